The van der Waals surface area contributed by atoms with Gasteiger partial charge in [0.05, 0.1) is 6.10 Å². The van der Waals surface area contributed by atoms with Gasteiger partial charge in [0.2, 0.25) is 0 Å². The predicted molar refractivity (Wildman–Crippen MR) is 86.5 cm³/mol. The summed E-state index contributed by atoms with van der Waals surface area (Å²) in [4.78, 5) is 2.23. The molecule has 0 amide bonds. The number of aliphatic hydroxyl groups excluding tert-OH is 1. The topological polar surface area (TPSA) is 23.5 Å². The van der Waals surface area contributed by atoms with E-state index in [1.807, 2.05) is 30.3 Å². The van der Waals surface area contributed by atoms with Gasteiger partial charge in [0.15, 0.2) is 0 Å². The van der Waals surface area contributed by atoms with E-state index in [1.165, 1.54) is 5.56 Å². The van der Waals surface area contributed by atoms with Crippen molar-refractivity contribution in [1.82, 2.24) is 4.90 Å². The van der Waals surface area contributed by atoms with E-state index in [-0.39, 0.29) is 0 Å². The maximum atomic E-state index is 10.2. The highest BCUT2D eigenvalue weighted by Crippen LogP contribution is 2.19. The average molecular weight is 334 g/mol. The Morgan fingerprint density at radius 2 is 1.70 bits per heavy atom. The summed E-state index contributed by atoms with van der Waals surface area (Å²) in [5.74, 6) is 0. The zero-order valence-electron chi connectivity index (χ0n) is 11.7. The van der Waals surface area contributed by atoms with Crippen LogP contribution in [-0.2, 0) is 6.54 Å². The zero-order valence-corrected chi connectivity index (χ0v) is 13.3. The van der Waals surface area contributed by atoms with Gasteiger partial charge in [-0.2, -0.15) is 0 Å². The van der Waals surface area contributed by atoms with E-state index in [0.29, 0.717) is 0 Å². The summed E-state index contributed by atoms with van der Waals surface area (Å²) in [5, 5.41) is 10.2. The molecule has 0 spiro atoms. The van der Waals surface area contributed by atoms with Gasteiger partial charge in [-0.3, -0.25) is 0 Å². The van der Waals surface area contributed by atoms with Crippen LogP contribution in [0.3, 0.4) is 0 Å². The molecule has 0 aromatic heterocycles. The molecule has 2 aromatic carbocycles. The van der Waals surface area contributed by atoms with E-state index in [4.69, 9.17) is 0 Å². The Labute approximate surface area is 129 Å². The van der Waals surface area contributed by atoms with Crippen molar-refractivity contribution < 1.29 is 5.11 Å². The summed E-state index contributed by atoms with van der Waals surface area (Å²) in [7, 11) is 2.08. The Morgan fingerprint density at radius 1 is 1.05 bits per heavy atom. The van der Waals surface area contributed by atoms with Crippen LogP contribution in [0.1, 0.15) is 23.7 Å². The van der Waals surface area contributed by atoms with Crippen molar-refractivity contribution >= 4 is 15.9 Å². The van der Waals surface area contributed by atoms with Crippen LogP contribution in [0.25, 0.3) is 0 Å². The minimum atomic E-state index is -0.402. The van der Waals surface area contributed by atoms with Crippen LogP contribution >= 0.6 is 15.9 Å². The lowest BCUT2D eigenvalue weighted by Gasteiger charge is -2.19. The van der Waals surface area contributed by atoms with E-state index < -0.39 is 6.10 Å². The fraction of sp³-hybridized carbons (Fsp3) is 0.294. The molecule has 0 radical (unpaired) electrons. The van der Waals surface area contributed by atoms with Crippen LogP contribution in [0.4, 0.5) is 0 Å². The van der Waals surface area contributed by atoms with Crippen molar-refractivity contribution in [1.29, 1.82) is 0 Å². The van der Waals surface area contributed by atoms with Gasteiger partial charge in [-0.1, -0.05) is 58.4 Å². The summed E-state index contributed by atoms with van der Waals surface area (Å²) in [5.41, 5.74) is 2.27. The van der Waals surface area contributed by atoms with E-state index in [0.717, 1.165) is 29.5 Å². The van der Waals surface area contributed by atoms with E-state index in [1.54, 1.807) is 0 Å². The molecule has 2 aromatic rings. The molecular weight excluding hydrogens is 314 g/mol. The smallest absolute Gasteiger partial charge is 0.0802 e. The van der Waals surface area contributed by atoms with Crippen LogP contribution in [0.15, 0.2) is 59.1 Å². The zero-order chi connectivity index (χ0) is 14.4. The lowest BCUT2D eigenvalue weighted by atomic mass is 10.1. The molecular formula is C17H20BrNO. The first kappa shape index (κ1) is 15.2. The van der Waals surface area contributed by atoms with Gasteiger partial charge in [-0.25, -0.2) is 0 Å². The van der Waals surface area contributed by atoms with Gasteiger partial charge in [0, 0.05) is 17.6 Å². The summed E-state index contributed by atoms with van der Waals surface area (Å²) < 4.78 is 1.04. The summed E-state index contributed by atoms with van der Waals surface area (Å²) in [6.45, 7) is 1.78. The molecule has 0 saturated carbocycles. The van der Waals surface area contributed by atoms with Crippen molar-refractivity contribution in [2.24, 2.45) is 0 Å². The number of hydrogen-bond donors (Lipinski definition) is 1. The van der Waals surface area contributed by atoms with Gasteiger partial charge in [0.1, 0.15) is 0 Å². The third-order valence-electron chi connectivity index (χ3n) is 3.33. The molecule has 0 saturated heterocycles. The van der Waals surface area contributed by atoms with Crippen LogP contribution in [0.2, 0.25) is 0 Å². The molecule has 0 aliphatic carbocycles. The van der Waals surface area contributed by atoms with Crippen LogP contribution < -0.4 is 0 Å². The standard InChI is InChI=1S/C17H20BrNO/c1-19(13-14-5-3-2-4-6-14)12-11-17(20)15-7-9-16(18)10-8-15/h2-10,17,20H,11-13H2,1H3/t17-/m1/s1. The first-order chi connectivity index (χ1) is 9.65. The Morgan fingerprint density at radius 3 is 2.35 bits per heavy atom. The number of halogens is 1. The van der Waals surface area contributed by atoms with Crippen molar-refractivity contribution in [2.75, 3.05) is 13.6 Å². The molecule has 1 atom stereocenters. The highest BCUT2D eigenvalue weighted by atomic mass is 79.9. The lowest BCUT2D eigenvalue weighted by molar-refractivity contribution is 0.147. The molecule has 0 aliphatic heterocycles. The maximum Gasteiger partial charge on any atom is 0.0802 e. The second-order valence-electron chi connectivity index (χ2n) is 5.08. The van der Waals surface area contributed by atoms with Gasteiger partial charge in [-0.15, -0.1) is 0 Å². The molecule has 106 valence electrons. The maximum absolute atomic E-state index is 10.2. The molecule has 2 nitrogen and oxygen atoms in total. The third-order valence-corrected chi connectivity index (χ3v) is 3.86. The summed E-state index contributed by atoms with van der Waals surface area (Å²) in [6.07, 6.45) is 0.339. The molecule has 0 unspecified atom stereocenters. The highest BCUT2D eigenvalue weighted by molar-refractivity contribution is 9.10. The van der Waals surface area contributed by atoms with Gasteiger partial charge < -0.3 is 10.0 Å². The second kappa shape index (κ2) is 7.58. The lowest BCUT2D eigenvalue weighted by Crippen LogP contribution is -2.20. The van der Waals surface area contributed by atoms with E-state index in [9.17, 15) is 5.11 Å². The quantitative estimate of drug-likeness (QED) is 0.863. The van der Waals surface area contributed by atoms with Crippen molar-refractivity contribution in [3.05, 3.63) is 70.2 Å². The molecule has 1 N–H and O–H groups in total. The predicted octanol–water partition coefficient (Wildman–Crippen LogP) is 4.00. The molecule has 0 aliphatic rings. The Balaban J connectivity index is 1.81. The fourth-order valence-corrected chi connectivity index (χ4v) is 2.43. The van der Waals surface area contributed by atoms with Crippen molar-refractivity contribution in [3.63, 3.8) is 0 Å². The minimum absolute atomic E-state index is 0.402. The van der Waals surface area contributed by atoms with Crippen LogP contribution in [-0.4, -0.2) is 23.6 Å². The highest BCUT2D eigenvalue weighted by Gasteiger charge is 2.09. The number of aliphatic hydroxyl groups is 1. The molecule has 20 heavy (non-hydrogen) atoms. The number of nitrogens with zero attached hydrogens (tertiary/aromatic N) is 1. The summed E-state index contributed by atoms with van der Waals surface area (Å²) >= 11 is 3.40. The molecule has 0 fully saturated rings. The number of hydrogen-bond acceptors (Lipinski definition) is 2. The van der Waals surface area contributed by atoms with Crippen molar-refractivity contribution in [3.8, 4) is 0 Å². The molecule has 0 bridgehead atoms. The monoisotopic (exact) mass is 333 g/mol. The Bertz CT molecular complexity index is 512. The van der Waals surface area contributed by atoms with Crippen molar-refractivity contribution in [2.45, 2.75) is 19.1 Å². The van der Waals surface area contributed by atoms with Gasteiger partial charge in [-0.05, 0) is 36.7 Å². The normalized spacial score (nSPS) is 12.6. The summed E-state index contributed by atoms with van der Waals surface area (Å²) in [6, 6.07) is 18.3. The van der Waals surface area contributed by atoms with Crippen LogP contribution in [0, 0.1) is 0 Å². The largest absolute Gasteiger partial charge is 0.388 e. The fourth-order valence-electron chi connectivity index (χ4n) is 2.17. The Hall–Kier alpha value is -1.16. The SMILES string of the molecule is CN(CC[C@@H](O)c1ccc(Br)cc1)Cc1ccccc1. The first-order valence-electron chi connectivity index (χ1n) is 6.81. The first-order valence-corrected chi connectivity index (χ1v) is 7.60. The second-order valence-corrected chi connectivity index (χ2v) is 6.00. The molecule has 3 heteroatoms. The molecule has 2 rings (SSSR count). The van der Waals surface area contributed by atoms with E-state index in [2.05, 4.69) is 52.1 Å². The van der Waals surface area contributed by atoms with Gasteiger partial charge in [0.25, 0.3) is 0 Å². The molecule has 0 heterocycles. The Kier molecular flexibility index (Phi) is 5.77. The average Bonchev–Trinajstić information content (AvgIpc) is 2.46. The minimum Gasteiger partial charge on any atom is -0.388 e. The van der Waals surface area contributed by atoms with Gasteiger partial charge >= 0.3 is 0 Å². The third kappa shape index (κ3) is 4.75. The van der Waals surface area contributed by atoms with E-state index >= 15 is 0 Å². The number of rotatable bonds is 6. The van der Waals surface area contributed by atoms with Crippen LogP contribution in [0.5, 0.6) is 0 Å². The number of benzene rings is 2.